The highest BCUT2D eigenvalue weighted by molar-refractivity contribution is 6.30. The van der Waals surface area contributed by atoms with E-state index in [-0.39, 0.29) is 0 Å². The number of nitrogens with zero attached hydrogens (tertiary/aromatic N) is 4. The predicted octanol–water partition coefficient (Wildman–Crippen LogP) is 2.61. The summed E-state index contributed by atoms with van der Waals surface area (Å²) in [5.74, 6) is 0.763. The van der Waals surface area contributed by atoms with E-state index in [1.54, 1.807) is 0 Å². The van der Waals surface area contributed by atoms with Crippen LogP contribution in [0, 0.1) is 6.92 Å². The number of aryl methyl sites for hydroxylation is 1. The number of rotatable bonds is 3. The fourth-order valence-corrected chi connectivity index (χ4v) is 2.28. The van der Waals surface area contributed by atoms with Gasteiger partial charge in [0, 0.05) is 11.3 Å². The van der Waals surface area contributed by atoms with Gasteiger partial charge in [0.2, 0.25) is 0 Å². The number of aromatic nitrogens is 4. The summed E-state index contributed by atoms with van der Waals surface area (Å²) in [6, 6.07) is 0.308. The van der Waals surface area contributed by atoms with Crippen LogP contribution < -0.4 is 4.74 Å². The summed E-state index contributed by atoms with van der Waals surface area (Å²) < 4.78 is 6.77. The van der Waals surface area contributed by atoms with E-state index in [2.05, 4.69) is 28.9 Å². The zero-order chi connectivity index (χ0) is 12.6. The fourth-order valence-electron chi connectivity index (χ4n) is 1.81. The quantitative estimate of drug-likeness (QED) is 0.790. The molecule has 92 valence electrons. The van der Waals surface area contributed by atoms with E-state index in [9.17, 15) is 0 Å². The van der Waals surface area contributed by atoms with E-state index < -0.39 is 0 Å². The average Bonchev–Trinajstić information content (AvgIpc) is 2.60. The van der Waals surface area contributed by atoms with Gasteiger partial charge in [-0.15, -0.1) is 5.10 Å². The molecular weight excluding hydrogens is 240 g/mol. The molecule has 0 aliphatic carbocycles. The largest absolute Gasteiger partial charge is 0.463 e. The monoisotopic (exact) mass is 254 g/mol. The average molecular weight is 255 g/mol. The summed E-state index contributed by atoms with van der Waals surface area (Å²) >= 11 is 6.32. The molecule has 6 heteroatoms. The maximum Gasteiger partial charge on any atom is 0.337 e. The molecule has 2 aromatic heterocycles. The highest BCUT2D eigenvalue weighted by Crippen LogP contribution is 2.27. The first kappa shape index (κ1) is 12.1. The lowest BCUT2D eigenvalue weighted by atomic mass is 10.0. The lowest BCUT2D eigenvalue weighted by Gasteiger charge is -2.11. The zero-order valence-electron chi connectivity index (χ0n) is 10.4. The Morgan fingerprint density at radius 1 is 1.35 bits per heavy atom. The van der Waals surface area contributed by atoms with E-state index in [4.69, 9.17) is 16.3 Å². The van der Waals surface area contributed by atoms with Crippen LogP contribution in [0.2, 0.25) is 5.15 Å². The molecular formula is C11H15ClN4O. The van der Waals surface area contributed by atoms with Crippen LogP contribution in [-0.2, 0) is 0 Å². The highest BCUT2D eigenvalue weighted by Gasteiger charge is 2.17. The minimum Gasteiger partial charge on any atom is -0.463 e. The second kappa shape index (κ2) is 4.49. The van der Waals surface area contributed by atoms with Crippen molar-refractivity contribution in [2.75, 3.05) is 6.61 Å². The van der Waals surface area contributed by atoms with Crippen LogP contribution in [0.15, 0.2) is 0 Å². The second-order valence-corrected chi connectivity index (χ2v) is 4.45. The number of fused-ring (bicyclic) bond motifs is 1. The summed E-state index contributed by atoms with van der Waals surface area (Å²) in [5, 5.41) is 4.73. The molecule has 0 radical (unpaired) electrons. The third-order valence-corrected chi connectivity index (χ3v) is 2.85. The molecule has 0 spiro atoms. The number of halogens is 1. The number of hydrogen-bond donors (Lipinski definition) is 0. The molecule has 0 fully saturated rings. The molecule has 2 heterocycles. The van der Waals surface area contributed by atoms with Crippen molar-refractivity contribution in [2.24, 2.45) is 0 Å². The standard InChI is InChI=1S/C11H15ClN4O/c1-5-17-11-14-10-13-7(4)8(6(2)3)9(12)16(10)15-11/h6H,5H2,1-4H3. The van der Waals surface area contributed by atoms with E-state index in [0.29, 0.717) is 29.5 Å². The third kappa shape index (κ3) is 2.07. The van der Waals surface area contributed by atoms with Gasteiger partial charge in [-0.1, -0.05) is 25.4 Å². The van der Waals surface area contributed by atoms with Crippen LogP contribution in [0.1, 0.15) is 37.9 Å². The molecule has 0 atom stereocenters. The van der Waals surface area contributed by atoms with E-state index in [1.165, 1.54) is 4.52 Å². The first-order valence-corrected chi connectivity index (χ1v) is 5.98. The van der Waals surface area contributed by atoms with E-state index in [1.807, 2.05) is 13.8 Å². The first-order chi connectivity index (χ1) is 8.04. The molecule has 0 N–H and O–H groups in total. The predicted molar refractivity (Wildman–Crippen MR) is 65.8 cm³/mol. The van der Waals surface area contributed by atoms with Crippen LogP contribution in [0.5, 0.6) is 6.01 Å². The summed E-state index contributed by atoms with van der Waals surface area (Å²) in [5.41, 5.74) is 1.88. The molecule has 0 aliphatic rings. The Kier molecular flexibility index (Phi) is 3.19. The Morgan fingerprint density at radius 3 is 2.65 bits per heavy atom. The highest BCUT2D eigenvalue weighted by atomic mass is 35.5. The van der Waals surface area contributed by atoms with Crippen molar-refractivity contribution >= 4 is 17.4 Å². The van der Waals surface area contributed by atoms with Crippen molar-refractivity contribution in [1.29, 1.82) is 0 Å². The maximum atomic E-state index is 6.32. The maximum absolute atomic E-state index is 6.32. The zero-order valence-corrected chi connectivity index (χ0v) is 11.1. The number of ether oxygens (including phenoxy) is 1. The fraction of sp³-hybridized carbons (Fsp3) is 0.545. The van der Waals surface area contributed by atoms with Crippen molar-refractivity contribution in [1.82, 2.24) is 19.6 Å². The van der Waals surface area contributed by atoms with Crippen molar-refractivity contribution in [3.05, 3.63) is 16.4 Å². The van der Waals surface area contributed by atoms with Crippen molar-refractivity contribution in [2.45, 2.75) is 33.6 Å². The molecule has 5 nitrogen and oxygen atoms in total. The van der Waals surface area contributed by atoms with Crippen LogP contribution in [0.25, 0.3) is 5.78 Å². The van der Waals surface area contributed by atoms with Crippen LogP contribution in [-0.4, -0.2) is 26.2 Å². The van der Waals surface area contributed by atoms with E-state index in [0.717, 1.165) is 11.3 Å². The van der Waals surface area contributed by atoms with E-state index >= 15 is 0 Å². The van der Waals surface area contributed by atoms with Crippen LogP contribution in [0.4, 0.5) is 0 Å². The van der Waals surface area contributed by atoms with Gasteiger partial charge < -0.3 is 4.74 Å². The summed E-state index contributed by atoms with van der Waals surface area (Å²) in [4.78, 5) is 8.54. The van der Waals surface area contributed by atoms with Gasteiger partial charge in [0.25, 0.3) is 5.78 Å². The Balaban J connectivity index is 2.65. The van der Waals surface area contributed by atoms with Crippen LogP contribution in [0.3, 0.4) is 0 Å². The molecule has 17 heavy (non-hydrogen) atoms. The van der Waals surface area contributed by atoms with Gasteiger partial charge in [0.05, 0.1) is 6.61 Å². The third-order valence-electron chi connectivity index (χ3n) is 2.49. The summed E-state index contributed by atoms with van der Waals surface area (Å²) in [6.45, 7) is 8.47. The minimum absolute atomic E-state index is 0.291. The summed E-state index contributed by atoms with van der Waals surface area (Å²) in [6.07, 6.45) is 0. The van der Waals surface area contributed by atoms with Gasteiger partial charge in [-0.2, -0.15) is 9.50 Å². The van der Waals surface area contributed by atoms with Gasteiger partial charge in [0.1, 0.15) is 5.15 Å². The van der Waals surface area contributed by atoms with Crippen molar-refractivity contribution in [3.63, 3.8) is 0 Å². The van der Waals surface area contributed by atoms with Gasteiger partial charge >= 0.3 is 6.01 Å². The Hall–Kier alpha value is -1.36. The molecule has 2 rings (SSSR count). The first-order valence-electron chi connectivity index (χ1n) is 5.60. The SMILES string of the molecule is CCOc1nc2nc(C)c(C(C)C)c(Cl)n2n1. The lowest BCUT2D eigenvalue weighted by Crippen LogP contribution is -2.04. The van der Waals surface area contributed by atoms with Gasteiger partial charge in [0.15, 0.2) is 0 Å². The van der Waals surface area contributed by atoms with Crippen molar-refractivity contribution < 1.29 is 4.74 Å². The topological polar surface area (TPSA) is 52.3 Å². The molecule has 2 aromatic rings. The second-order valence-electron chi connectivity index (χ2n) is 4.10. The van der Waals surface area contributed by atoms with Gasteiger partial charge in [-0.05, 0) is 19.8 Å². The van der Waals surface area contributed by atoms with Crippen molar-refractivity contribution in [3.8, 4) is 6.01 Å². The molecule has 0 amide bonds. The van der Waals surface area contributed by atoms with Gasteiger partial charge in [-0.3, -0.25) is 0 Å². The molecule has 0 aliphatic heterocycles. The lowest BCUT2D eigenvalue weighted by molar-refractivity contribution is 0.313. The Bertz CT molecular complexity index is 550. The molecule has 0 aromatic carbocycles. The number of hydrogen-bond acceptors (Lipinski definition) is 4. The minimum atomic E-state index is 0.291. The molecule has 0 saturated carbocycles. The Morgan fingerprint density at radius 2 is 2.06 bits per heavy atom. The molecule has 0 bridgehead atoms. The normalized spacial score (nSPS) is 11.4. The molecule has 0 saturated heterocycles. The van der Waals surface area contributed by atoms with Gasteiger partial charge in [-0.25, -0.2) is 4.98 Å². The Labute approximate surface area is 105 Å². The van der Waals surface area contributed by atoms with Crippen LogP contribution >= 0.6 is 11.6 Å². The smallest absolute Gasteiger partial charge is 0.337 e. The summed E-state index contributed by atoms with van der Waals surface area (Å²) in [7, 11) is 0. The molecule has 0 unspecified atom stereocenters.